The molecular weight excluding hydrogens is 395 g/mol. The molecule has 0 atom stereocenters. The summed E-state index contributed by atoms with van der Waals surface area (Å²) in [7, 11) is 1.94. The number of aryl methyl sites for hydroxylation is 1. The van der Waals surface area contributed by atoms with E-state index in [9.17, 15) is 0 Å². The topological polar surface area (TPSA) is 76.4 Å². The number of guanidine groups is 1. The van der Waals surface area contributed by atoms with Gasteiger partial charge < -0.3 is 19.9 Å². The van der Waals surface area contributed by atoms with Crippen molar-refractivity contribution < 1.29 is 4.74 Å². The van der Waals surface area contributed by atoms with Crippen molar-refractivity contribution in [2.75, 3.05) is 26.3 Å². The van der Waals surface area contributed by atoms with E-state index in [2.05, 4.69) is 32.4 Å². The van der Waals surface area contributed by atoms with E-state index in [4.69, 9.17) is 4.74 Å². The van der Waals surface area contributed by atoms with Crippen LogP contribution in [0.15, 0.2) is 17.6 Å². The minimum absolute atomic E-state index is 0. The molecule has 0 saturated heterocycles. The maximum Gasteiger partial charge on any atom is 0.191 e. The van der Waals surface area contributed by atoms with Gasteiger partial charge in [-0.1, -0.05) is 6.08 Å². The highest BCUT2D eigenvalue weighted by molar-refractivity contribution is 14.0. The zero-order valence-electron chi connectivity index (χ0n) is 13.6. The van der Waals surface area contributed by atoms with Crippen molar-refractivity contribution in [1.82, 2.24) is 25.4 Å². The van der Waals surface area contributed by atoms with E-state index in [1.165, 1.54) is 0 Å². The van der Waals surface area contributed by atoms with Crippen LogP contribution < -0.4 is 10.6 Å². The standard InChI is InChI=1S/C14H26N6O.HI/c1-5-8-15-14(16-9-7-10-21-6-2)17-11-13-19-18-12(3)20(13)4;/h5H,1,6-11H2,2-4H3,(H2,15,16,17);1H. The van der Waals surface area contributed by atoms with Crippen LogP contribution in [0.3, 0.4) is 0 Å². The van der Waals surface area contributed by atoms with Crippen LogP contribution in [-0.2, 0) is 18.3 Å². The normalized spacial score (nSPS) is 11.0. The summed E-state index contributed by atoms with van der Waals surface area (Å²) in [5.74, 6) is 2.46. The van der Waals surface area contributed by atoms with Crippen LogP contribution in [0.5, 0.6) is 0 Å². The van der Waals surface area contributed by atoms with Crippen LogP contribution in [0, 0.1) is 6.92 Å². The first-order valence-corrected chi connectivity index (χ1v) is 7.24. The lowest BCUT2D eigenvalue weighted by atomic mass is 10.4. The first-order chi connectivity index (χ1) is 10.2. The molecule has 0 radical (unpaired) electrons. The molecule has 1 aromatic heterocycles. The third-order valence-corrected chi connectivity index (χ3v) is 2.94. The molecule has 126 valence electrons. The van der Waals surface area contributed by atoms with Crippen molar-refractivity contribution in [2.45, 2.75) is 26.8 Å². The second-order valence-corrected chi connectivity index (χ2v) is 4.53. The SMILES string of the molecule is C=CCNC(=NCc1nnc(C)n1C)NCCCOCC.I. The first-order valence-electron chi connectivity index (χ1n) is 7.24. The average molecular weight is 422 g/mol. The third-order valence-electron chi connectivity index (χ3n) is 2.94. The molecule has 7 nitrogen and oxygen atoms in total. The Labute approximate surface area is 149 Å². The average Bonchev–Trinajstić information content (AvgIpc) is 2.80. The smallest absolute Gasteiger partial charge is 0.191 e. The predicted molar refractivity (Wildman–Crippen MR) is 99.6 cm³/mol. The summed E-state index contributed by atoms with van der Waals surface area (Å²) < 4.78 is 7.24. The lowest BCUT2D eigenvalue weighted by Crippen LogP contribution is -2.38. The molecule has 0 unspecified atom stereocenters. The van der Waals surface area contributed by atoms with Crippen LogP contribution in [-0.4, -0.2) is 47.0 Å². The van der Waals surface area contributed by atoms with Crippen LogP contribution in [0.25, 0.3) is 0 Å². The quantitative estimate of drug-likeness (QED) is 0.207. The van der Waals surface area contributed by atoms with E-state index in [1.807, 2.05) is 25.5 Å². The number of halogens is 1. The third kappa shape index (κ3) is 7.74. The molecule has 0 aromatic carbocycles. The van der Waals surface area contributed by atoms with Gasteiger partial charge >= 0.3 is 0 Å². The molecule has 0 bridgehead atoms. The molecule has 1 rings (SSSR count). The van der Waals surface area contributed by atoms with Crippen molar-refractivity contribution in [2.24, 2.45) is 12.0 Å². The van der Waals surface area contributed by atoms with Crippen LogP contribution >= 0.6 is 24.0 Å². The zero-order valence-corrected chi connectivity index (χ0v) is 16.0. The lowest BCUT2D eigenvalue weighted by molar-refractivity contribution is 0.145. The molecule has 0 saturated carbocycles. The molecule has 0 aliphatic rings. The van der Waals surface area contributed by atoms with E-state index < -0.39 is 0 Å². The molecule has 1 heterocycles. The van der Waals surface area contributed by atoms with Gasteiger partial charge in [-0.3, -0.25) is 0 Å². The van der Waals surface area contributed by atoms with E-state index in [0.717, 1.165) is 43.8 Å². The van der Waals surface area contributed by atoms with Gasteiger partial charge in [-0.2, -0.15) is 0 Å². The number of nitrogens with zero attached hydrogens (tertiary/aromatic N) is 4. The molecule has 0 spiro atoms. The number of aromatic nitrogens is 3. The van der Waals surface area contributed by atoms with Gasteiger partial charge in [0.1, 0.15) is 12.4 Å². The highest BCUT2D eigenvalue weighted by Gasteiger charge is 2.04. The molecule has 22 heavy (non-hydrogen) atoms. The molecular formula is C14H27IN6O. The molecule has 1 aromatic rings. The Hall–Kier alpha value is -1.16. The molecule has 0 fully saturated rings. The fourth-order valence-electron chi connectivity index (χ4n) is 1.61. The van der Waals surface area contributed by atoms with Crippen LogP contribution in [0.4, 0.5) is 0 Å². The van der Waals surface area contributed by atoms with Crippen molar-refractivity contribution >= 4 is 29.9 Å². The van der Waals surface area contributed by atoms with Gasteiger partial charge in [-0.25, -0.2) is 4.99 Å². The minimum atomic E-state index is 0. The number of ether oxygens (including phenoxy) is 1. The monoisotopic (exact) mass is 422 g/mol. The molecule has 0 aliphatic heterocycles. The Morgan fingerprint density at radius 1 is 1.41 bits per heavy atom. The number of nitrogens with one attached hydrogen (secondary N) is 2. The number of aliphatic imine (C=N–C) groups is 1. The Morgan fingerprint density at radius 3 is 2.77 bits per heavy atom. The Balaban J connectivity index is 0.00000441. The van der Waals surface area contributed by atoms with Gasteiger partial charge in [-0.15, -0.1) is 40.8 Å². The summed E-state index contributed by atoms with van der Waals surface area (Å²) in [6, 6.07) is 0. The van der Waals surface area contributed by atoms with Gasteiger partial charge in [-0.05, 0) is 20.3 Å². The van der Waals surface area contributed by atoms with E-state index in [-0.39, 0.29) is 24.0 Å². The molecule has 8 heteroatoms. The zero-order chi connectivity index (χ0) is 15.5. The molecule has 0 aliphatic carbocycles. The summed E-state index contributed by atoms with van der Waals surface area (Å²) in [4.78, 5) is 4.51. The largest absolute Gasteiger partial charge is 0.382 e. The fraction of sp³-hybridized carbons (Fsp3) is 0.643. The second-order valence-electron chi connectivity index (χ2n) is 4.53. The maximum atomic E-state index is 5.31. The number of rotatable bonds is 9. The van der Waals surface area contributed by atoms with E-state index >= 15 is 0 Å². The summed E-state index contributed by atoms with van der Waals surface area (Å²) in [6.45, 7) is 11.1. The summed E-state index contributed by atoms with van der Waals surface area (Å²) in [5.41, 5.74) is 0. The van der Waals surface area contributed by atoms with Crippen LogP contribution in [0.2, 0.25) is 0 Å². The predicted octanol–water partition coefficient (Wildman–Crippen LogP) is 1.39. The lowest BCUT2D eigenvalue weighted by Gasteiger charge is -2.11. The van der Waals surface area contributed by atoms with Gasteiger partial charge in [0.05, 0.1) is 0 Å². The summed E-state index contributed by atoms with van der Waals surface area (Å²) >= 11 is 0. The summed E-state index contributed by atoms with van der Waals surface area (Å²) in [6.07, 6.45) is 2.73. The maximum absolute atomic E-state index is 5.31. The van der Waals surface area contributed by atoms with Crippen molar-refractivity contribution in [3.8, 4) is 0 Å². The summed E-state index contributed by atoms with van der Waals surface area (Å²) in [5, 5.41) is 14.6. The molecule has 2 N–H and O–H groups in total. The van der Waals surface area contributed by atoms with Crippen molar-refractivity contribution in [3.63, 3.8) is 0 Å². The Bertz CT molecular complexity index is 460. The number of hydrogen-bond donors (Lipinski definition) is 2. The van der Waals surface area contributed by atoms with Crippen LogP contribution in [0.1, 0.15) is 25.0 Å². The second kappa shape index (κ2) is 12.4. The van der Waals surface area contributed by atoms with Gasteiger partial charge in [0, 0.05) is 33.4 Å². The highest BCUT2D eigenvalue weighted by Crippen LogP contribution is 1.98. The Morgan fingerprint density at radius 2 is 2.18 bits per heavy atom. The number of hydrogen-bond acceptors (Lipinski definition) is 4. The van der Waals surface area contributed by atoms with Gasteiger partial charge in [0.25, 0.3) is 0 Å². The van der Waals surface area contributed by atoms with Crippen molar-refractivity contribution in [3.05, 3.63) is 24.3 Å². The van der Waals surface area contributed by atoms with Gasteiger partial charge in [0.15, 0.2) is 11.8 Å². The minimum Gasteiger partial charge on any atom is -0.382 e. The van der Waals surface area contributed by atoms with Crippen molar-refractivity contribution in [1.29, 1.82) is 0 Å². The Kier molecular flexibility index (Phi) is 11.7. The van der Waals surface area contributed by atoms with E-state index in [0.29, 0.717) is 13.1 Å². The fourth-order valence-corrected chi connectivity index (χ4v) is 1.61. The highest BCUT2D eigenvalue weighted by atomic mass is 127. The van der Waals surface area contributed by atoms with Gasteiger partial charge in [0.2, 0.25) is 0 Å². The van der Waals surface area contributed by atoms with E-state index in [1.54, 1.807) is 6.08 Å². The molecule has 0 amide bonds. The first kappa shape index (κ1) is 20.8.